The van der Waals surface area contributed by atoms with Crippen molar-refractivity contribution in [1.82, 2.24) is 5.32 Å². The highest BCUT2D eigenvalue weighted by Gasteiger charge is 2.03. The second-order valence-corrected chi connectivity index (χ2v) is 2.79. The van der Waals surface area contributed by atoms with Gasteiger partial charge >= 0.3 is 0 Å². The number of carbonyl (C=O) groups is 1. The molecule has 0 spiro atoms. The molecule has 1 N–H and O–H groups in total. The van der Waals surface area contributed by atoms with E-state index in [0.717, 1.165) is 0 Å². The fourth-order valence-electron chi connectivity index (χ4n) is 1.01. The van der Waals surface area contributed by atoms with Crippen LogP contribution in [0.25, 0.3) is 0 Å². The molecule has 68 valence electrons. The normalized spacial score (nSPS) is 9.07. The first-order valence-corrected chi connectivity index (χ1v) is 4.24. The second kappa shape index (κ2) is 5.08. The Hall–Kier alpha value is -1.76. The molecule has 2 radical (unpaired) electrons. The van der Waals surface area contributed by atoms with E-state index in [-0.39, 0.29) is 5.91 Å². The fourth-order valence-corrected chi connectivity index (χ4v) is 1.01. The molecule has 1 rings (SSSR count). The lowest BCUT2D eigenvalue weighted by molar-refractivity contribution is 0.0954. The topological polar surface area (TPSA) is 52.9 Å². The third-order valence-corrected chi connectivity index (χ3v) is 1.67. The summed E-state index contributed by atoms with van der Waals surface area (Å²) >= 11 is 0. The average Bonchev–Trinajstić information content (AvgIpc) is 2.18. The molecule has 1 amide bonds. The molecule has 0 unspecified atom stereocenters. The Balaban J connectivity index is 2.57. The van der Waals surface area contributed by atoms with E-state index in [4.69, 9.17) is 13.1 Å². The van der Waals surface area contributed by atoms with Crippen LogP contribution in [0.1, 0.15) is 16.8 Å². The van der Waals surface area contributed by atoms with Gasteiger partial charge in [0.2, 0.25) is 0 Å². The summed E-state index contributed by atoms with van der Waals surface area (Å²) in [5.41, 5.74) is 1.07. The molecular weight excluding hydrogens is 175 g/mol. The Labute approximate surface area is 84.1 Å². The largest absolute Gasteiger partial charge is 0.351 e. The Kier molecular flexibility index (Phi) is 3.75. The molecule has 0 saturated heterocycles. The number of carbonyl (C=O) groups excluding carboxylic acids is 1. The van der Waals surface area contributed by atoms with E-state index >= 15 is 0 Å². The quantitative estimate of drug-likeness (QED) is 0.535. The standard InChI is InChI=1S/C10H9BN2O/c11-9-4-1-3-8(7-9)10(14)13-6-2-5-12/h1,3-4,7H,2,6H2,(H,13,14). The summed E-state index contributed by atoms with van der Waals surface area (Å²) in [6, 6.07) is 8.66. The fraction of sp³-hybridized carbons (Fsp3) is 0.200. The van der Waals surface area contributed by atoms with Gasteiger partial charge in [-0.25, -0.2) is 0 Å². The van der Waals surface area contributed by atoms with E-state index in [9.17, 15) is 4.79 Å². The number of nitriles is 1. The molecule has 4 heteroatoms. The van der Waals surface area contributed by atoms with Gasteiger partial charge in [0, 0.05) is 12.1 Å². The first-order valence-electron chi connectivity index (χ1n) is 4.24. The van der Waals surface area contributed by atoms with Crippen LogP contribution in [0.3, 0.4) is 0 Å². The molecule has 3 nitrogen and oxygen atoms in total. The first-order chi connectivity index (χ1) is 6.74. The van der Waals surface area contributed by atoms with Crippen molar-refractivity contribution in [2.75, 3.05) is 6.54 Å². The highest BCUT2D eigenvalue weighted by Crippen LogP contribution is 1.95. The van der Waals surface area contributed by atoms with Gasteiger partial charge in [-0.2, -0.15) is 5.26 Å². The van der Waals surface area contributed by atoms with Crippen LogP contribution in [0.2, 0.25) is 0 Å². The minimum atomic E-state index is -0.201. The minimum absolute atomic E-state index is 0.201. The number of rotatable bonds is 3. The number of nitrogens with zero attached hydrogens (tertiary/aromatic N) is 1. The van der Waals surface area contributed by atoms with Gasteiger partial charge in [-0.3, -0.25) is 4.79 Å². The Morgan fingerprint density at radius 1 is 1.57 bits per heavy atom. The lowest BCUT2D eigenvalue weighted by Crippen LogP contribution is -2.25. The van der Waals surface area contributed by atoms with Crippen molar-refractivity contribution in [2.45, 2.75) is 6.42 Å². The molecule has 1 aromatic rings. The zero-order chi connectivity index (χ0) is 10.4. The number of nitrogens with one attached hydrogen (secondary N) is 1. The van der Waals surface area contributed by atoms with Gasteiger partial charge in [-0.1, -0.05) is 23.7 Å². The summed E-state index contributed by atoms with van der Waals surface area (Å²) in [6.07, 6.45) is 0.314. The summed E-state index contributed by atoms with van der Waals surface area (Å²) in [6.45, 7) is 0.365. The Morgan fingerprint density at radius 2 is 2.36 bits per heavy atom. The van der Waals surface area contributed by atoms with E-state index in [2.05, 4.69) is 5.32 Å². The molecule has 0 aliphatic carbocycles. The van der Waals surface area contributed by atoms with Crippen LogP contribution in [0.15, 0.2) is 24.3 Å². The predicted molar refractivity (Wildman–Crippen MR) is 54.4 cm³/mol. The maximum absolute atomic E-state index is 11.4. The molecule has 1 aromatic carbocycles. The average molecular weight is 184 g/mol. The summed E-state index contributed by atoms with van der Waals surface area (Å²) in [7, 11) is 5.52. The molecule has 0 fully saturated rings. The highest BCUT2D eigenvalue weighted by molar-refractivity contribution is 6.32. The van der Waals surface area contributed by atoms with Crippen molar-refractivity contribution in [3.63, 3.8) is 0 Å². The van der Waals surface area contributed by atoms with Crippen LogP contribution in [-0.2, 0) is 0 Å². The monoisotopic (exact) mass is 184 g/mol. The van der Waals surface area contributed by atoms with Gasteiger partial charge in [-0.05, 0) is 6.07 Å². The molecular formula is C10H9BN2O. The maximum atomic E-state index is 11.4. The predicted octanol–water partition coefficient (Wildman–Crippen LogP) is 0.124. The van der Waals surface area contributed by atoms with Crippen LogP contribution < -0.4 is 10.8 Å². The molecule has 0 aromatic heterocycles. The molecule has 0 atom stereocenters. The van der Waals surface area contributed by atoms with Crippen LogP contribution in [0.5, 0.6) is 0 Å². The van der Waals surface area contributed by atoms with E-state index in [1.165, 1.54) is 0 Å². The number of amides is 1. The maximum Gasteiger partial charge on any atom is 0.251 e. The van der Waals surface area contributed by atoms with E-state index in [1.807, 2.05) is 6.07 Å². The van der Waals surface area contributed by atoms with E-state index in [1.54, 1.807) is 24.3 Å². The summed E-state index contributed by atoms with van der Waals surface area (Å²) in [5.74, 6) is -0.201. The zero-order valence-corrected chi connectivity index (χ0v) is 7.66. The summed E-state index contributed by atoms with van der Waals surface area (Å²) in [5, 5.41) is 10.9. The summed E-state index contributed by atoms with van der Waals surface area (Å²) in [4.78, 5) is 11.4. The third-order valence-electron chi connectivity index (χ3n) is 1.67. The van der Waals surface area contributed by atoms with Gasteiger partial charge in [0.25, 0.3) is 5.91 Å². The van der Waals surface area contributed by atoms with E-state index < -0.39 is 0 Å². The van der Waals surface area contributed by atoms with Crippen molar-refractivity contribution in [3.8, 4) is 6.07 Å². The van der Waals surface area contributed by atoms with Crippen molar-refractivity contribution in [3.05, 3.63) is 29.8 Å². The third kappa shape index (κ3) is 2.94. The Bertz CT molecular complexity index is 371. The molecule has 0 bridgehead atoms. The molecule has 14 heavy (non-hydrogen) atoms. The van der Waals surface area contributed by atoms with Gasteiger partial charge in [0.05, 0.1) is 12.5 Å². The first kappa shape index (κ1) is 10.3. The molecule has 0 saturated carbocycles. The molecule has 0 aliphatic rings. The number of benzene rings is 1. The molecule has 0 heterocycles. The smallest absolute Gasteiger partial charge is 0.251 e. The van der Waals surface area contributed by atoms with E-state index in [0.29, 0.717) is 24.0 Å². The minimum Gasteiger partial charge on any atom is -0.351 e. The van der Waals surface area contributed by atoms with Crippen LogP contribution in [-0.4, -0.2) is 20.3 Å². The van der Waals surface area contributed by atoms with Crippen molar-refractivity contribution >= 4 is 19.2 Å². The van der Waals surface area contributed by atoms with Gasteiger partial charge in [0.15, 0.2) is 0 Å². The van der Waals surface area contributed by atoms with Gasteiger partial charge < -0.3 is 5.32 Å². The van der Waals surface area contributed by atoms with Crippen molar-refractivity contribution in [1.29, 1.82) is 5.26 Å². The van der Waals surface area contributed by atoms with Gasteiger partial charge in [-0.15, -0.1) is 0 Å². The van der Waals surface area contributed by atoms with Crippen molar-refractivity contribution < 1.29 is 4.79 Å². The molecule has 0 aliphatic heterocycles. The second-order valence-electron chi connectivity index (χ2n) is 2.79. The lowest BCUT2D eigenvalue weighted by atomic mass is 9.94. The number of hydrogen-bond donors (Lipinski definition) is 1. The van der Waals surface area contributed by atoms with Crippen LogP contribution in [0, 0.1) is 11.3 Å². The highest BCUT2D eigenvalue weighted by atomic mass is 16.1. The Morgan fingerprint density at radius 3 is 3.00 bits per heavy atom. The zero-order valence-electron chi connectivity index (χ0n) is 7.66. The lowest BCUT2D eigenvalue weighted by Gasteiger charge is -2.03. The van der Waals surface area contributed by atoms with Crippen molar-refractivity contribution in [2.24, 2.45) is 0 Å². The van der Waals surface area contributed by atoms with Crippen LogP contribution >= 0.6 is 0 Å². The number of hydrogen-bond acceptors (Lipinski definition) is 2. The summed E-state index contributed by atoms with van der Waals surface area (Å²) < 4.78 is 0. The van der Waals surface area contributed by atoms with Gasteiger partial charge in [0.1, 0.15) is 7.85 Å². The SMILES string of the molecule is [B]c1cccc(C(=O)NCCC#N)c1. The van der Waals surface area contributed by atoms with Crippen LogP contribution in [0.4, 0.5) is 0 Å².